The summed E-state index contributed by atoms with van der Waals surface area (Å²) in [7, 11) is 0. The fraction of sp³-hybridized carbons (Fsp3) is 0.400. The van der Waals surface area contributed by atoms with E-state index in [9.17, 15) is 9.59 Å². The minimum atomic E-state index is -1.05. The maximum absolute atomic E-state index is 11.6. The van der Waals surface area contributed by atoms with Gasteiger partial charge in [0.2, 0.25) is 0 Å². The highest BCUT2D eigenvalue weighted by atomic mass is 16.4. The molecule has 1 rings (SSSR count). The molecule has 5 nitrogen and oxygen atoms in total. The largest absolute Gasteiger partial charge is 0.477 e. The van der Waals surface area contributed by atoms with Gasteiger partial charge in [-0.3, -0.25) is 4.79 Å². The average molecular weight is 210 g/mol. The van der Waals surface area contributed by atoms with Crippen molar-refractivity contribution in [1.82, 2.24) is 10.3 Å². The summed E-state index contributed by atoms with van der Waals surface area (Å²) in [5, 5.41) is 11.5. The number of amides is 1. The van der Waals surface area contributed by atoms with Crippen LogP contribution in [0.2, 0.25) is 0 Å². The van der Waals surface area contributed by atoms with Gasteiger partial charge in [-0.25, -0.2) is 4.79 Å². The average Bonchev–Trinajstić information content (AvgIpc) is 2.42. The second kappa shape index (κ2) is 4.16. The zero-order valence-corrected chi connectivity index (χ0v) is 8.97. The summed E-state index contributed by atoms with van der Waals surface area (Å²) in [5.41, 5.74) is 1.56. The number of carbonyl (C=O) groups is 2. The van der Waals surface area contributed by atoms with Crippen molar-refractivity contribution in [2.45, 2.75) is 20.8 Å². The molecule has 0 atom stereocenters. The molecule has 0 spiro atoms. The standard InChI is InChI=1S/C10H14N2O3/c1-4-11-9(13)7-5(2)8(10(14)15)12-6(7)3/h12H,4H2,1-3H3,(H,11,13)(H,14,15). The monoisotopic (exact) mass is 210 g/mol. The first-order chi connectivity index (χ1) is 6.99. The quantitative estimate of drug-likeness (QED) is 0.698. The van der Waals surface area contributed by atoms with Gasteiger partial charge in [-0.1, -0.05) is 0 Å². The van der Waals surface area contributed by atoms with Crippen molar-refractivity contribution in [3.8, 4) is 0 Å². The van der Waals surface area contributed by atoms with Gasteiger partial charge < -0.3 is 15.4 Å². The number of aromatic amines is 1. The number of carboxylic acid groups (broad SMARTS) is 1. The number of hydrogen-bond acceptors (Lipinski definition) is 2. The summed E-state index contributed by atoms with van der Waals surface area (Å²) >= 11 is 0. The maximum atomic E-state index is 11.6. The van der Waals surface area contributed by atoms with Crippen LogP contribution in [0.4, 0.5) is 0 Å². The van der Waals surface area contributed by atoms with Crippen LogP contribution in [0, 0.1) is 13.8 Å². The Labute approximate surface area is 87.5 Å². The maximum Gasteiger partial charge on any atom is 0.352 e. The predicted octanol–water partition coefficient (Wildman–Crippen LogP) is 1.08. The van der Waals surface area contributed by atoms with Gasteiger partial charge in [0, 0.05) is 12.2 Å². The predicted molar refractivity (Wildman–Crippen MR) is 55.2 cm³/mol. The molecule has 0 bridgehead atoms. The molecule has 0 saturated carbocycles. The van der Waals surface area contributed by atoms with E-state index in [1.807, 2.05) is 6.92 Å². The Morgan fingerprint density at radius 2 is 2.00 bits per heavy atom. The molecule has 1 aromatic heterocycles. The lowest BCUT2D eigenvalue weighted by Crippen LogP contribution is -2.23. The van der Waals surface area contributed by atoms with E-state index in [2.05, 4.69) is 10.3 Å². The van der Waals surface area contributed by atoms with Crippen LogP contribution < -0.4 is 5.32 Å². The lowest BCUT2D eigenvalue weighted by atomic mass is 10.1. The van der Waals surface area contributed by atoms with E-state index in [1.54, 1.807) is 13.8 Å². The third-order valence-corrected chi connectivity index (χ3v) is 2.22. The van der Waals surface area contributed by atoms with Crippen molar-refractivity contribution < 1.29 is 14.7 Å². The van der Waals surface area contributed by atoms with Crippen LogP contribution in [0.3, 0.4) is 0 Å². The number of aromatic carboxylic acids is 1. The molecule has 0 fully saturated rings. The molecule has 3 N–H and O–H groups in total. The van der Waals surface area contributed by atoms with Crippen LogP contribution in [-0.4, -0.2) is 28.5 Å². The van der Waals surface area contributed by atoms with E-state index >= 15 is 0 Å². The van der Waals surface area contributed by atoms with Gasteiger partial charge in [-0.15, -0.1) is 0 Å². The number of carboxylic acids is 1. The molecule has 82 valence electrons. The number of nitrogens with one attached hydrogen (secondary N) is 2. The Hall–Kier alpha value is -1.78. The zero-order chi connectivity index (χ0) is 11.6. The summed E-state index contributed by atoms with van der Waals surface area (Å²) in [6, 6.07) is 0. The van der Waals surface area contributed by atoms with E-state index in [1.165, 1.54) is 0 Å². The van der Waals surface area contributed by atoms with Gasteiger partial charge in [-0.2, -0.15) is 0 Å². The molecule has 1 amide bonds. The SMILES string of the molecule is CCNC(=O)c1c(C)[nH]c(C(=O)O)c1C. The molecule has 1 heterocycles. The highest BCUT2D eigenvalue weighted by molar-refractivity contribution is 6.00. The molecular formula is C10H14N2O3. The van der Waals surface area contributed by atoms with Crippen LogP contribution in [0.1, 0.15) is 39.0 Å². The third-order valence-electron chi connectivity index (χ3n) is 2.22. The number of hydrogen-bond donors (Lipinski definition) is 3. The van der Waals surface area contributed by atoms with E-state index in [0.29, 0.717) is 23.4 Å². The molecule has 0 unspecified atom stereocenters. The molecule has 5 heteroatoms. The Kier molecular flexibility index (Phi) is 3.14. The van der Waals surface area contributed by atoms with E-state index in [0.717, 1.165) is 0 Å². The fourth-order valence-electron chi connectivity index (χ4n) is 1.55. The van der Waals surface area contributed by atoms with Crippen molar-refractivity contribution in [2.24, 2.45) is 0 Å². The van der Waals surface area contributed by atoms with E-state index < -0.39 is 5.97 Å². The lowest BCUT2D eigenvalue weighted by molar-refractivity contribution is 0.0690. The van der Waals surface area contributed by atoms with E-state index in [4.69, 9.17) is 5.11 Å². The van der Waals surface area contributed by atoms with Crippen molar-refractivity contribution >= 4 is 11.9 Å². The molecule has 0 saturated heterocycles. The minimum absolute atomic E-state index is 0.0775. The second-order valence-electron chi connectivity index (χ2n) is 3.29. The molecule has 0 aliphatic heterocycles. The Bertz CT molecular complexity index is 407. The first-order valence-corrected chi connectivity index (χ1v) is 4.69. The molecule has 0 aromatic carbocycles. The summed E-state index contributed by atoms with van der Waals surface area (Å²) in [6.45, 7) is 5.64. The summed E-state index contributed by atoms with van der Waals surface area (Å²) in [5.74, 6) is -1.29. The molecule has 0 aliphatic carbocycles. The number of aromatic nitrogens is 1. The lowest BCUT2D eigenvalue weighted by Gasteiger charge is -2.02. The third kappa shape index (κ3) is 2.01. The van der Waals surface area contributed by atoms with Crippen LogP contribution in [-0.2, 0) is 0 Å². The van der Waals surface area contributed by atoms with Gasteiger partial charge in [0.15, 0.2) is 0 Å². The zero-order valence-electron chi connectivity index (χ0n) is 8.97. The number of carbonyl (C=O) groups excluding carboxylic acids is 1. The van der Waals surface area contributed by atoms with Crippen molar-refractivity contribution in [3.05, 3.63) is 22.5 Å². The van der Waals surface area contributed by atoms with Crippen molar-refractivity contribution in [2.75, 3.05) is 6.54 Å². The van der Waals surface area contributed by atoms with Gasteiger partial charge in [0.25, 0.3) is 5.91 Å². The Morgan fingerprint density at radius 1 is 1.40 bits per heavy atom. The normalized spacial score (nSPS) is 10.1. The summed E-state index contributed by atoms with van der Waals surface area (Å²) < 4.78 is 0. The fourth-order valence-corrected chi connectivity index (χ4v) is 1.55. The molecule has 0 radical (unpaired) electrons. The van der Waals surface area contributed by atoms with Gasteiger partial charge >= 0.3 is 5.97 Å². The van der Waals surface area contributed by atoms with Crippen LogP contribution in [0.15, 0.2) is 0 Å². The van der Waals surface area contributed by atoms with Gasteiger partial charge in [-0.05, 0) is 26.3 Å². The van der Waals surface area contributed by atoms with Gasteiger partial charge in [0.05, 0.1) is 5.56 Å². The second-order valence-corrected chi connectivity index (χ2v) is 3.29. The summed E-state index contributed by atoms with van der Waals surface area (Å²) in [4.78, 5) is 25.1. The van der Waals surface area contributed by atoms with Crippen molar-refractivity contribution in [3.63, 3.8) is 0 Å². The molecule has 15 heavy (non-hydrogen) atoms. The Balaban J connectivity index is 3.19. The molecule has 1 aromatic rings. The van der Waals surface area contributed by atoms with Crippen LogP contribution in [0.25, 0.3) is 0 Å². The topological polar surface area (TPSA) is 82.2 Å². The highest BCUT2D eigenvalue weighted by Crippen LogP contribution is 2.17. The summed E-state index contributed by atoms with van der Waals surface area (Å²) in [6.07, 6.45) is 0. The van der Waals surface area contributed by atoms with E-state index in [-0.39, 0.29) is 11.6 Å². The molecule has 0 aliphatic rings. The smallest absolute Gasteiger partial charge is 0.352 e. The number of aryl methyl sites for hydroxylation is 1. The van der Waals surface area contributed by atoms with Gasteiger partial charge in [0.1, 0.15) is 5.69 Å². The Morgan fingerprint density at radius 3 is 2.40 bits per heavy atom. The number of rotatable bonds is 3. The minimum Gasteiger partial charge on any atom is -0.477 e. The number of H-pyrrole nitrogens is 1. The van der Waals surface area contributed by atoms with Crippen molar-refractivity contribution in [1.29, 1.82) is 0 Å². The first-order valence-electron chi connectivity index (χ1n) is 4.69. The first kappa shape index (κ1) is 11.3. The highest BCUT2D eigenvalue weighted by Gasteiger charge is 2.20. The van der Waals surface area contributed by atoms with Crippen LogP contribution in [0.5, 0.6) is 0 Å². The van der Waals surface area contributed by atoms with Crippen LogP contribution >= 0.6 is 0 Å². The molecular weight excluding hydrogens is 196 g/mol.